The van der Waals surface area contributed by atoms with E-state index in [4.69, 9.17) is 11.6 Å². The van der Waals surface area contributed by atoms with Gasteiger partial charge in [-0.15, -0.1) is 0 Å². The molecule has 1 heterocycles. The Morgan fingerprint density at radius 1 is 1.08 bits per heavy atom. The number of aryl methyl sites for hydroxylation is 1. The number of hydrogen-bond donors (Lipinski definition) is 1. The van der Waals surface area contributed by atoms with Crippen LogP contribution in [0.25, 0.3) is 11.0 Å². The van der Waals surface area contributed by atoms with Gasteiger partial charge in [-0.1, -0.05) is 57.6 Å². The van der Waals surface area contributed by atoms with Gasteiger partial charge in [0.2, 0.25) is 0 Å². The molecule has 0 aliphatic rings. The van der Waals surface area contributed by atoms with Crippen LogP contribution in [-0.2, 0) is 6.54 Å². The third-order valence-electron chi connectivity index (χ3n) is 4.78. The number of carbonyl (C=O) groups excluding carboxylic acids is 1. The van der Waals surface area contributed by atoms with Crippen molar-refractivity contribution >= 4 is 28.7 Å². The number of unbranched alkanes of at least 4 members (excludes halogenated alkanes) is 3. The molecule has 26 heavy (non-hydrogen) atoms. The first-order valence-corrected chi connectivity index (χ1v) is 10.1. The molecule has 0 aliphatic carbocycles. The van der Waals surface area contributed by atoms with E-state index >= 15 is 0 Å². The molecule has 0 saturated carbocycles. The Kier molecular flexibility index (Phi) is 7.76. The summed E-state index contributed by atoms with van der Waals surface area (Å²) >= 11 is 6.07. The van der Waals surface area contributed by atoms with Gasteiger partial charge in [-0.2, -0.15) is 0 Å². The summed E-state index contributed by atoms with van der Waals surface area (Å²) in [5, 5.41) is 3.63. The van der Waals surface area contributed by atoms with Crippen LogP contribution < -0.4 is 11.0 Å². The van der Waals surface area contributed by atoms with Crippen molar-refractivity contribution in [3.05, 3.63) is 33.7 Å². The third-order valence-corrected chi connectivity index (χ3v) is 5.02. The number of amides is 1. The van der Waals surface area contributed by atoms with Gasteiger partial charge in [0, 0.05) is 17.6 Å². The molecule has 0 saturated heterocycles. The second-order valence-corrected chi connectivity index (χ2v) is 7.22. The van der Waals surface area contributed by atoms with Crippen molar-refractivity contribution in [2.75, 3.05) is 0 Å². The van der Waals surface area contributed by atoms with Crippen molar-refractivity contribution in [2.45, 2.75) is 78.3 Å². The van der Waals surface area contributed by atoms with Crippen molar-refractivity contribution in [3.63, 3.8) is 0 Å². The minimum atomic E-state index is -0.344. The Labute approximate surface area is 160 Å². The van der Waals surface area contributed by atoms with Gasteiger partial charge in [-0.3, -0.25) is 4.57 Å². The maximum atomic E-state index is 12.9. The topological polar surface area (TPSA) is 56.0 Å². The highest BCUT2D eigenvalue weighted by Crippen LogP contribution is 2.19. The molecule has 2 rings (SSSR count). The average molecular weight is 380 g/mol. The number of nitrogens with one attached hydrogen (secondary N) is 1. The number of fused-ring (bicyclic) bond motifs is 1. The fourth-order valence-corrected chi connectivity index (χ4v) is 3.59. The number of rotatable bonds is 9. The molecule has 0 aliphatic heterocycles. The third kappa shape index (κ3) is 4.70. The predicted molar refractivity (Wildman–Crippen MR) is 108 cm³/mol. The molecule has 2 aromatic rings. The van der Waals surface area contributed by atoms with Crippen molar-refractivity contribution in [1.82, 2.24) is 14.5 Å². The minimum Gasteiger partial charge on any atom is -0.335 e. The lowest BCUT2D eigenvalue weighted by molar-refractivity contribution is 0.236. The zero-order valence-corrected chi connectivity index (χ0v) is 16.8. The maximum Gasteiger partial charge on any atom is 0.337 e. The second kappa shape index (κ2) is 9.81. The number of carbonyl (C=O) groups is 1. The quantitative estimate of drug-likeness (QED) is 0.611. The Bertz CT molecular complexity index is 794. The van der Waals surface area contributed by atoms with Gasteiger partial charge >= 0.3 is 11.7 Å². The van der Waals surface area contributed by atoms with Gasteiger partial charge in [-0.25, -0.2) is 14.2 Å². The van der Waals surface area contributed by atoms with E-state index in [1.54, 1.807) is 22.8 Å². The van der Waals surface area contributed by atoms with Gasteiger partial charge in [0.15, 0.2) is 0 Å². The van der Waals surface area contributed by atoms with Crippen molar-refractivity contribution < 1.29 is 4.79 Å². The molecule has 1 amide bonds. The highest BCUT2D eigenvalue weighted by Gasteiger charge is 2.20. The zero-order chi connectivity index (χ0) is 19.1. The van der Waals surface area contributed by atoms with Crippen LogP contribution in [0.1, 0.15) is 65.7 Å². The van der Waals surface area contributed by atoms with Gasteiger partial charge in [0.05, 0.1) is 11.0 Å². The number of aromatic nitrogens is 2. The van der Waals surface area contributed by atoms with E-state index in [0.717, 1.165) is 25.7 Å². The normalized spacial score (nSPS) is 12.5. The summed E-state index contributed by atoms with van der Waals surface area (Å²) in [6.45, 7) is 6.68. The monoisotopic (exact) mass is 379 g/mol. The largest absolute Gasteiger partial charge is 0.337 e. The molecule has 0 radical (unpaired) electrons. The van der Waals surface area contributed by atoms with Crippen molar-refractivity contribution in [1.29, 1.82) is 0 Å². The van der Waals surface area contributed by atoms with Crippen LogP contribution in [0.4, 0.5) is 4.79 Å². The summed E-state index contributed by atoms with van der Waals surface area (Å²) in [5.74, 6) is 0. The lowest BCUT2D eigenvalue weighted by Crippen LogP contribution is -2.42. The Hall–Kier alpha value is -1.75. The lowest BCUT2D eigenvalue weighted by atomic mass is 10.0. The first kappa shape index (κ1) is 20.6. The maximum absolute atomic E-state index is 12.9. The highest BCUT2D eigenvalue weighted by atomic mass is 35.5. The Balaban J connectivity index is 2.25. The fourth-order valence-electron chi connectivity index (χ4n) is 3.42. The molecule has 1 unspecified atom stereocenters. The van der Waals surface area contributed by atoms with Crippen LogP contribution in [0.2, 0.25) is 5.02 Å². The SMILES string of the molecule is CCCCCCC(CCC)NC(=O)n1c(=O)n(CC)c2cc(Cl)ccc21. The summed E-state index contributed by atoms with van der Waals surface area (Å²) in [7, 11) is 0. The standard InChI is InChI=1S/C20H30ClN3O2/c1-4-7-8-9-11-16(10-5-2)22-19(25)24-17-13-12-15(21)14-18(17)23(6-3)20(24)26/h12-14,16H,4-11H2,1-3H3,(H,22,25). The van der Waals surface area contributed by atoms with Crippen LogP contribution in [0.3, 0.4) is 0 Å². The highest BCUT2D eigenvalue weighted by molar-refractivity contribution is 6.31. The molecule has 1 aromatic carbocycles. The van der Waals surface area contributed by atoms with E-state index in [0.29, 0.717) is 22.6 Å². The zero-order valence-electron chi connectivity index (χ0n) is 16.1. The van der Waals surface area contributed by atoms with E-state index in [1.807, 2.05) is 6.92 Å². The van der Waals surface area contributed by atoms with Crippen LogP contribution in [0.5, 0.6) is 0 Å². The van der Waals surface area contributed by atoms with Crippen molar-refractivity contribution in [2.24, 2.45) is 0 Å². The first-order valence-electron chi connectivity index (χ1n) is 9.75. The summed E-state index contributed by atoms with van der Waals surface area (Å²) in [4.78, 5) is 25.6. The van der Waals surface area contributed by atoms with E-state index in [-0.39, 0.29) is 17.8 Å². The van der Waals surface area contributed by atoms with E-state index in [9.17, 15) is 9.59 Å². The molecule has 0 fully saturated rings. The number of halogens is 1. The molecule has 144 valence electrons. The smallest absolute Gasteiger partial charge is 0.335 e. The number of hydrogen-bond acceptors (Lipinski definition) is 2. The molecule has 5 nitrogen and oxygen atoms in total. The van der Waals surface area contributed by atoms with Gasteiger partial charge in [0.1, 0.15) is 0 Å². The number of nitrogens with zero attached hydrogens (tertiary/aromatic N) is 2. The minimum absolute atomic E-state index is 0.101. The molecule has 1 aromatic heterocycles. The average Bonchev–Trinajstić information content (AvgIpc) is 2.89. The summed E-state index contributed by atoms with van der Waals surface area (Å²) < 4.78 is 2.82. The van der Waals surface area contributed by atoms with Crippen LogP contribution in [-0.4, -0.2) is 21.2 Å². The molecular formula is C20H30ClN3O2. The summed E-state index contributed by atoms with van der Waals surface area (Å²) in [6, 6.07) is 4.94. The Morgan fingerprint density at radius 3 is 2.50 bits per heavy atom. The predicted octanol–water partition coefficient (Wildman–Crippen LogP) is 5.17. The first-order chi connectivity index (χ1) is 12.5. The second-order valence-electron chi connectivity index (χ2n) is 6.78. The lowest BCUT2D eigenvalue weighted by Gasteiger charge is -2.18. The van der Waals surface area contributed by atoms with E-state index < -0.39 is 0 Å². The van der Waals surface area contributed by atoms with Crippen molar-refractivity contribution in [3.8, 4) is 0 Å². The van der Waals surface area contributed by atoms with Gasteiger partial charge < -0.3 is 5.32 Å². The van der Waals surface area contributed by atoms with Crippen LogP contribution in [0.15, 0.2) is 23.0 Å². The molecular weight excluding hydrogens is 350 g/mol. The molecule has 6 heteroatoms. The van der Waals surface area contributed by atoms with Gasteiger partial charge in [0.25, 0.3) is 0 Å². The van der Waals surface area contributed by atoms with Gasteiger partial charge in [-0.05, 0) is 38.0 Å². The summed E-state index contributed by atoms with van der Waals surface area (Å²) in [6.07, 6.45) is 7.56. The van der Waals surface area contributed by atoms with E-state index in [1.165, 1.54) is 23.8 Å². The fraction of sp³-hybridized carbons (Fsp3) is 0.600. The molecule has 0 spiro atoms. The number of benzene rings is 1. The van der Waals surface area contributed by atoms with Crippen LogP contribution in [0, 0.1) is 0 Å². The molecule has 0 bridgehead atoms. The van der Waals surface area contributed by atoms with E-state index in [2.05, 4.69) is 19.2 Å². The number of imidazole rings is 1. The van der Waals surface area contributed by atoms with Crippen LogP contribution >= 0.6 is 11.6 Å². The summed E-state index contributed by atoms with van der Waals surface area (Å²) in [5.41, 5.74) is 0.971. The Morgan fingerprint density at radius 2 is 1.85 bits per heavy atom. The molecule has 1 N–H and O–H groups in total. The molecule has 1 atom stereocenters.